The fraction of sp³-hybridized carbons (Fsp3) is 0.222. The molecule has 0 amide bonds. The van der Waals surface area contributed by atoms with Crippen molar-refractivity contribution in [2.45, 2.75) is 23.5 Å². The van der Waals surface area contributed by atoms with Gasteiger partial charge in [0.25, 0.3) is 0 Å². The molecular weight excluding hydrogens is 470 g/mol. The topological polar surface area (TPSA) is 64.8 Å². The predicted molar refractivity (Wildman–Crippen MR) is 113 cm³/mol. The number of thioether (sulfide) groups is 1. The van der Waals surface area contributed by atoms with Crippen LogP contribution in [0.4, 0.5) is 0 Å². The molecule has 0 atom stereocenters. The molecule has 0 unspecified atom stereocenters. The summed E-state index contributed by atoms with van der Waals surface area (Å²) >= 11 is 10.6. The quantitative estimate of drug-likeness (QED) is 0.442. The van der Waals surface area contributed by atoms with E-state index in [-0.39, 0.29) is 5.75 Å². The third-order valence-electron chi connectivity index (χ3n) is 3.89. The molecule has 5 nitrogen and oxygen atoms in total. The van der Waals surface area contributed by atoms with Gasteiger partial charge in [0.05, 0.1) is 10.6 Å². The van der Waals surface area contributed by atoms with Gasteiger partial charge in [0.15, 0.2) is 20.8 Å². The summed E-state index contributed by atoms with van der Waals surface area (Å²) in [6.45, 7) is 2.69. The van der Waals surface area contributed by atoms with Gasteiger partial charge < -0.3 is 4.57 Å². The number of halogens is 2. The van der Waals surface area contributed by atoms with Crippen LogP contribution in [0.1, 0.15) is 6.92 Å². The molecule has 1 aromatic heterocycles. The highest BCUT2D eigenvalue weighted by molar-refractivity contribution is 9.10. The highest BCUT2D eigenvalue weighted by Gasteiger charge is 2.17. The second-order valence-corrected chi connectivity index (χ2v) is 10.2. The second-order valence-electron chi connectivity index (χ2n) is 5.68. The number of rotatable bonds is 7. The summed E-state index contributed by atoms with van der Waals surface area (Å²) in [5.41, 5.74) is 0.920. The van der Waals surface area contributed by atoms with Crippen molar-refractivity contribution in [2.75, 3.05) is 11.5 Å². The van der Waals surface area contributed by atoms with Gasteiger partial charge in [-0.2, -0.15) is 0 Å². The summed E-state index contributed by atoms with van der Waals surface area (Å²) in [6, 6.07) is 14.1. The Bertz CT molecular complexity index is 1020. The van der Waals surface area contributed by atoms with Gasteiger partial charge in [0.1, 0.15) is 0 Å². The first-order chi connectivity index (χ1) is 12.9. The Morgan fingerprint density at radius 1 is 1.07 bits per heavy atom. The summed E-state index contributed by atoms with van der Waals surface area (Å²) in [6.07, 6.45) is 0. The highest BCUT2D eigenvalue weighted by Crippen LogP contribution is 2.26. The summed E-state index contributed by atoms with van der Waals surface area (Å²) in [5.74, 6) is 1.18. The van der Waals surface area contributed by atoms with Crippen LogP contribution >= 0.6 is 39.3 Å². The molecule has 27 heavy (non-hydrogen) atoms. The Morgan fingerprint density at radius 3 is 2.37 bits per heavy atom. The van der Waals surface area contributed by atoms with Crippen molar-refractivity contribution in [1.29, 1.82) is 0 Å². The molecule has 2 aromatic carbocycles. The number of benzene rings is 2. The minimum absolute atomic E-state index is 0.0339. The smallest absolute Gasteiger partial charge is 0.191 e. The van der Waals surface area contributed by atoms with Crippen LogP contribution in [0.15, 0.2) is 63.1 Å². The van der Waals surface area contributed by atoms with Crippen LogP contribution in [-0.2, 0) is 16.4 Å². The Morgan fingerprint density at radius 2 is 1.74 bits per heavy atom. The Kier molecular flexibility index (Phi) is 6.62. The maximum atomic E-state index is 12.5. The van der Waals surface area contributed by atoms with Gasteiger partial charge in [-0.3, -0.25) is 0 Å². The van der Waals surface area contributed by atoms with Gasteiger partial charge in [0.2, 0.25) is 0 Å². The molecule has 0 aliphatic carbocycles. The summed E-state index contributed by atoms with van der Waals surface area (Å²) < 4.78 is 27.7. The maximum absolute atomic E-state index is 12.5. The van der Waals surface area contributed by atoms with Crippen LogP contribution in [0, 0.1) is 0 Å². The van der Waals surface area contributed by atoms with E-state index < -0.39 is 9.84 Å². The van der Waals surface area contributed by atoms with Crippen molar-refractivity contribution < 1.29 is 8.42 Å². The minimum atomic E-state index is -3.33. The van der Waals surface area contributed by atoms with Gasteiger partial charge in [-0.25, -0.2) is 8.42 Å². The SMILES string of the molecule is CCn1c(SCCS(=O)(=O)c2ccc(Br)cc2)nnc1-c1ccc(Cl)cc1. The molecule has 0 saturated heterocycles. The first kappa shape index (κ1) is 20.4. The van der Waals surface area contributed by atoms with E-state index >= 15 is 0 Å². The van der Waals surface area contributed by atoms with Crippen molar-refractivity contribution in [2.24, 2.45) is 0 Å². The number of hydrogen-bond donors (Lipinski definition) is 0. The van der Waals surface area contributed by atoms with E-state index in [2.05, 4.69) is 26.1 Å². The van der Waals surface area contributed by atoms with Crippen molar-refractivity contribution in [3.05, 3.63) is 58.0 Å². The van der Waals surface area contributed by atoms with E-state index in [0.717, 1.165) is 15.9 Å². The van der Waals surface area contributed by atoms with Gasteiger partial charge >= 0.3 is 0 Å². The zero-order valence-corrected chi connectivity index (χ0v) is 18.4. The van der Waals surface area contributed by atoms with Gasteiger partial charge in [0, 0.05) is 27.4 Å². The van der Waals surface area contributed by atoms with E-state index in [1.54, 1.807) is 24.3 Å². The van der Waals surface area contributed by atoms with Crippen LogP contribution in [0.3, 0.4) is 0 Å². The maximum Gasteiger partial charge on any atom is 0.191 e. The van der Waals surface area contributed by atoms with Gasteiger partial charge in [-0.05, 0) is 55.5 Å². The molecule has 3 rings (SSSR count). The fourth-order valence-electron chi connectivity index (χ4n) is 2.50. The highest BCUT2D eigenvalue weighted by atomic mass is 79.9. The standard InChI is InChI=1S/C18H17BrClN3O2S2/c1-2-23-17(13-3-7-15(20)8-4-13)21-22-18(23)26-11-12-27(24,25)16-9-5-14(19)6-10-16/h3-10H,2,11-12H2,1H3. The van der Waals surface area contributed by atoms with Crippen LogP contribution in [0.25, 0.3) is 11.4 Å². The Hall–Kier alpha value is -1.35. The van der Waals surface area contributed by atoms with E-state index in [1.165, 1.54) is 11.8 Å². The lowest BCUT2D eigenvalue weighted by Crippen LogP contribution is -2.09. The average molecular weight is 487 g/mol. The average Bonchev–Trinajstić information content (AvgIpc) is 3.05. The number of sulfone groups is 1. The molecule has 0 saturated carbocycles. The molecule has 0 N–H and O–H groups in total. The molecule has 0 radical (unpaired) electrons. The second kappa shape index (κ2) is 8.77. The molecule has 0 fully saturated rings. The molecule has 1 heterocycles. The van der Waals surface area contributed by atoms with Crippen LogP contribution < -0.4 is 0 Å². The van der Waals surface area contributed by atoms with E-state index in [1.807, 2.05) is 35.8 Å². The van der Waals surface area contributed by atoms with Crippen molar-refractivity contribution in [3.8, 4) is 11.4 Å². The lowest BCUT2D eigenvalue weighted by atomic mass is 10.2. The molecular formula is C18H17BrClN3O2S2. The van der Waals surface area contributed by atoms with Crippen molar-refractivity contribution >= 4 is 49.1 Å². The molecule has 0 bridgehead atoms. The van der Waals surface area contributed by atoms with E-state index in [0.29, 0.717) is 27.4 Å². The van der Waals surface area contributed by atoms with Crippen LogP contribution in [-0.4, -0.2) is 34.7 Å². The first-order valence-electron chi connectivity index (χ1n) is 8.21. The summed E-state index contributed by atoms with van der Waals surface area (Å²) in [4.78, 5) is 0.324. The lowest BCUT2D eigenvalue weighted by Gasteiger charge is -2.08. The third-order valence-corrected chi connectivity index (χ3v) is 7.63. The van der Waals surface area contributed by atoms with Crippen molar-refractivity contribution in [3.63, 3.8) is 0 Å². The minimum Gasteiger partial charge on any atom is -0.302 e. The normalized spacial score (nSPS) is 11.7. The van der Waals surface area contributed by atoms with Gasteiger partial charge in [-0.1, -0.05) is 39.3 Å². The molecule has 3 aromatic rings. The zero-order chi connectivity index (χ0) is 19.4. The monoisotopic (exact) mass is 485 g/mol. The van der Waals surface area contributed by atoms with E-state index in [9.17, 15) is 8.42 Å². The Labute approximate surface area is 176 Å². The Balaban J connectivity index is 1.71. The fourth-order valence-corrected chi connectivity index (χ4v) is 5.54. The lowest BCUT2D eigenvalue weighted by molar-refractivity contribution is 0.597. The zero-order valence-electron chi connectivity index (χ0n) is 14.5. The number of nitrogens with zero attached hydrogens (tertiary/aromatic N) is 3. The molecule has 9 heteroatoms. The van der Waals surface area contributed by atoms with Crippen molar-refractivity contribution in [1.82, 2.24) is 14.8 Å². The first-order valence-corrected chi connectivity index (χ1v) is 12.0. The molecule has 0 aliphatic rings. The summed E-state index contributed by atoms with van der Waals surface area (Å²) in [7, 11) is -3.33. The molecule has 0 spiro atoms. The largest absolute Gasteiger partial charge is 0.302 e. The van der Waals surface area contributed by atoms with E-state index in [4.69, 9.17) is 11.6 Å². The number of hydrogen-bond acceptors (Lipinski definition) is 5. The van der Waals surface area contributed by atoms with Crippen LogP contribution in [0.2, 0.25) is 5.02 Å². The predicted octanol–water partition coefficient (Wildman–Crippen LogP) is 4.95. The van der Waals surface area contributed by atoms with Gasteiger partial charge in [-0.15, -0.1) is 10.2 Å². The summed E-state index contributed by atoms with van der Waals surface area (Å²) in [5, 5.41) is 9.86. The molecule has 0 aliphatic heterocycles. The number of aromatic nitrogens is 3. The molecule has 142 valence electrons. The third kappa shape index (κ3) is 4.93. The van der Waals surface area contributed by atoms with Crippen LogP contribution in [0.5, 0.6) is 0 Å².